The van der Waals surface area contributed by atoms with Crippen LogP contribution in [-0.4, -0.2) is 48.5 Å². The van der Waals surface area contributed by atoms with Gasteiger partial charge in [-0.1, -0.05) is 6.07 Å². The molecule has 0 spiro atoms. The van der Waals surface area contributed by atoms with Crippen molar-refractivity contribution in [2.45, 2.75) is 45.4 Å². The summed E-state index contributed by atoms with van der Waals surface area (Å²) in [6.07, 6.45) is 3.52. The van der Waals surface area contributed by atoms with Crippen molar-refractivity contribution in [1.29, 1.82) is 0 Å². The molecule has 1 aromatic heterocycles. The topological polar surface area (TPSA) is 55.1 Å². The van der Waals surface area contributed by atoms with E-state index in [0.717, 1.165) is 48.6 Å². The van der Waals surface area contributed by atoms with Gasteiger partial charge in [0.05, 0.1) is 18.9 Å². The number of aryl methyl sites for hydroxylation is 2. The zero-order chi connectivity index (χ0) is 18.4. The SMILES string of the molecule is Cc1cc(C)cc(OCC(O)CN(Cc2ccco2)CC2CCCO2)c1. The second kappa shape index (κ2) is 9.21. The molecule has 1 fully saturated rings. The lowest BCUT2D eigenvalue weighted by molar-refractivity contribution is 0.0290. The lowest BCUT2D eigenvalue weighted by Crippen LogP contribution is -2.39. The molecular weight excluding hydrogens is 330 g/mol. The first-order valence-corrected chi connectivity index (χ1v) is 9.34. The highest BCUT2D eigenvalue weighted by atomic mass is 16.5. The van der Waals surface area contributed by atoms with Crippen LogP contribution < -0.4 is 4.74 Å². The Morgan fingerprint density at radius 2 is 2.08 bits per heavy atom. The molecule has 1 N–H and O–H groups in total. The summed E-state index contributed by atoms with van der Waals surface area (Å²) >= 11 is 0. The van der Waals surface area contributed by atoms with Gasteiger partial charge in [-0.2, -0.15) is 0 Å². The van der Waals surface area contributed by atoms with Crippen LogP contribution in [0.25, 0.3) is 0 Å². The van der Waals surface area contributed by atoms with Gasteiger partial charge in [-0.15, -0.1) is 0 Å². The summed E-state index contributed by atoms with van der Waals surface area (Å²) < 4.78 is 17.0. The van der Waals surface area contributed by atoms with Crippen LogP contribution >= 0.6 is 0 Å². The highest BCUT2D eigenvalue weighted by Crippen LogP contribution is 2.18. The van der Waals surface area contributed by atoms with Gasteiger partial charge in [0.2, 0.25) is 0 Å². The molecule has 5 heteroatoms. The van der Waals surface area contributed by atoms with Gasteiger partial charge in [0.25, 0.3) is 0 Å². The Morgan fingerprint density at radius 3 is 2.73 bits per heavy atom. The molecule has 1 aliphatic rings. The molecule has 2 heterocycles. The zero-order valence-electron chi connectivity index (χ0n) is 15.7. The van der Waals surface area contributed by atoms with Gasteiger partial charge in [0.1, 0.15) is 24.2 Å². The van der Waals surface area contributed by atoms with Crippen molar-refractivity contribution in [2.24, 2.45) is 0 Å². The molecule has 2 unspecified atom stereocenters. The van der Waals surface area contributed by atoms with E-state index in [2.05, 4.69) is 11.0 Å². The van der Waals surface area contributed by atoms with Gasteiger partial charge in [-0.25, -0.2) is 0 Å². The third-order valence-corrected chi connectivity index (χ3v) is 4.55. The van der Waals surface area contributed by atoms with Crippen molar-refractivity contribution in [3.8, 4) is 5.75 Å². The van der Waals surface area contributed by atoms with Crippen molar-refractivity contribution in [3.05, 3.63) is 53.5 Å². The van der Waals surface area contributed by atoms with E-state index in [9.17, 15) is 5.11 Å². The highest BCUT2D eigenvalue weighted by Gasteiger charge is 2.22. The van der Waals surface area contributed by atoms with Crippen LogP contribution in [0.3, 0.4) is 0 Å². The van der Waals surface area contributed by atoms with Crippen molar-refractivity contribution < 1.29 is 19.0 Å². The fraction of sp³-hybridized carbons (Fsp3) is 0.524. The van der Waals surface area contributed by atoms with Gasteiger partial charge in [0.15, 0.2) is 0 Å². The minimum Gasteiger partial charge on any atom is -0.491 e. The highest BCUT2D eigenvalue weighted by molar-refractivity contribution is 5.33. The van der Waals surface area contributed by atoms with Gasteiger partial charge in [-0.3, -0.25) is 4.90 Å². The molecule has 142 valence electrons. The summed E-state index contributed by atoms with van der Waals surface area (Å²) in [5, 5.41) is 10.5. The van der Waals surface area contributed by atoms with Crippen molar-refractivity contribution in [1.82, 2.24) is 4.90 Å². The molecule has 5 nitrogen and oxygen atoms in total. The number of aliphatic hydroxyl groups is 1. The van der Waals surface area contributed by atoms with Crippen molar-refractivity contribution in [2.75, 3.05) is 26.3 Å². The normalized spacial score (nSPS) is 18.4. The Labute approximate surface area is 155 Å². The fourth-order valence-electron chi connectivity index (χ4n) is 3.46. The number of benzene rings is 1. The van der Waals surface area contributed by atoms with Gasteiger partial charge in [-0.05, 0) is 62.1 Å². The molecule has 0 saturated carbocycles. The van der Waals surface area contributed by atoms with E-state index < -0.39 is 6.10 Å². The van der Waals surface area contributed by atoms with Crippen LogP contribution in [0.5, 0.6) is 5.75 Å². The predicted molar refractivity (Wildman–Crippen MR) is 100 cm³/mol. The van der Waals surface area contributed by atoms with Crippen LogP contribution in [0.2, 0.25) is 0 Å². The molecule has 1 aromatic carbocycles. The van der Waals surface area contributed by atoms with E-state index in [4.69, 9.17) is 13.9 Å². The van der Waals surface area contributed by atoms with E-state index in [0.29, 0.717) is 13.1 Å². The Bertz CT molecular complexity index is 644. The fourth-order valence-corrected chi connectivity index (χ4v) is 3.46. The summed E-state index contributed by atoms with van der Waals surface area (Å²) in [4.78, 5) is 2.18. The monoisotopic (exact) mass is 359 g/mol. The third-order valence-electron chi connectivity index (χ3n) is 4.55. The van der Waals surface area contributed by atoms with E-state index in [1.165, 1.54) is 0 Å². The van der Waals surface area contributed by atoms with Crippen LogP contribution in [0, 0.1) is 13.8 Å². The molecule has 2 aromatic rings. The number of aliphatic hydroxyl groups excluding tert-OH is 1. The number of hydrogen-bond donors (Lipinski definition) is 1. The average Bonchev–Trinajstić information content (AvgIpc) is 3.26. The average molecular weight is 359 g/mol. The minimum absolute atomic E-state index is 0.234. The summed E-state index contributed by atoms with van der Waals surface area (Å²) in [5.74, 6) is 1.70. The molecule has 0 amide bonds. The standard InChI is InChI=1S/C21H29NO4/c1-16-9-17(2)11-21(10-16)26-15-18(23)12-22(13-19-5-3-7-24-19)14-20-6-4-8-25-20/h3,5,7,9-11,18,20,23H,4,6,8,12-15H2,1-2H3. The van der Waals surface area contributed by atoms with Crippen LogP contribution in [-0.2, 0) is 11.3 Å². The van der Waals surface area contributed by atoms with Gasteiger partial charge < -0.3 is 19.0 Å². The van der Waals surface area contributed by atoms with E-state index in [1.807, 2.05) is 38.1 Å². The second-order valence-corrected chi connectivity index (χ2v) is 7.20. The maximum atomic E-state index is 10.5. The summed E-state index contributed by atoms with van der Waals surface area (Å²) in [6.45, 7) is 7.16. The molecule has 1 saturated heterocycles. The van der Waals surface area contributed by atoms with E-state index >= 15 is 0 Å². The third kappa shape index (κ3) is 5.87. The largest absolute Gasteiger partial charge is 0.491 e. The first kappa shape index (κ1) is 19.0. The first-order chi connectivity index (χ1) is 12.6. The Kier molecular flexibility index (Phi) is 6.72. The molecular formula is C21H29NO4. The Hall–Kier alpha value is -1.82. The van der Waals surface area contributed by atoms with Crippen molar-refractivity contribution >= 4 is 0 Å². The van der Waals surface area contributed by atoms with Crippen LogP contribution in [0.4, 0.5) is 0 Å². The van der Waals surface area contributed by atoms with Crippen molar-refractivity contribution in [3.63, 3.8) is 0 Å². The molecule has 0 bridgehead atoms. The molecule has 0 aliphatic carbocycles. The summed E-state index contributed by atoms with van der Waals surface area (Å²) in [6, 6.07) is 9.94. The minimum atomic E-state index is -0.577. The lowest BCUT2D eigenvalue weighted by atomic mass is 10.1. The predicted octanol–water partition coefficient (Wildman–Crippen LogP) is 3.32. The van der Waals surface area contributed by atoms with Crippen LogP contribution in [0.15, 0.2) is 41.0 Å². The number of rotatable bonds is 9. The lowest BCUT2D eigenvalue weighted by Gasteiger charge is -2.26. The first-order valence-electron chi connectivity index (χ1n) is 9.34. The number of hydrogen-bond acceptors (Lipinski definition) is 5. The molecule has 0 radical (unpaired) electrons. The Morgan fingerprint density at radius 1 is 1.27 bits per heavy atom. The summed E-state index contributed by atoms with van der Waals surface area (Å²) in [5.41, 5.74) is 2.32. The molecule has 2 atom stereocenters. The van der Waals surface area contributed by atoms with Crippen LogP contribution in [0.1, 0.15) is 29.7 Å². The van der Waals surface area contributed by atoms with E-state index in [1.54, 1.807) is 6.26 Å². The summed E-state index contributed by atoms with van der Waals surface area (Å²) in [7, 11) is 0. The quantitative estimate of drug-likeness (QED) is 0.744. The Balaban J connectivity index is 1.53. The van der Waals surface area contributed by atoms with Gasteiger partial charge >= 0.3 is 0 Å². The number of furan rings is 1. The number of ether oxygens (including phenoxy) is 2. The van der Waals surface area contributed by atoms with Gasteiger partial charge in [0, 0.05) is 19.7 Å². The molecule has 26 heavy (non-hydrogen) atoms. The maximum absolute atomic E-state index is 10.5. The number of nitrogens with zero attached hydrogens (tertiary/aromatic N) is 1. The second-order valence-electron chi connectivity index (χ2n) is 7.20. The maximum Gasteiger partial charge on any atom is 0.119 e. The van der Waals surface area contributed by atoms with E-state index in [-0.39, 0.29) is 12.7 Å². The molecule has 1 aliphatic heterocycles. The zero-order valence-corrected chi connectivity index (χ0v) is 15.7. The molecule has 3 rings (SSSR count). The smallest absolute Gasteiger partial charge is 0.119 e.